The summed E-state index contributed by atoms with van der Waals surface area (Å²) in [5, 5.41) is 0.197. The minimum Gasteiger partial charge on any atom is -0.368 e. The number of halogens is 1. The number of nitrogens with zero attached hydrogens (tertiary/aromatic N) is 6. The molecule has 0 saturated carbocycles. The van der Waals surface area contributed by atoms with Crippen LogP contribution in [0.15, 0.2) is 58.6 Å². The first-order valence-corrected chi connectivity index (χ1v) is 9.28. The average molecular weight is 422 g/mol. The predicted molar refractivity (Wildman–Crippen MR) is 114 cm³/mol. The molecular formula is C20H16ClN7O2. The predicted octanol–water partition coefficient (Wildman–Crippen LogP) is 2.85. The molecule has 0 atom stereocenters. The summed E-state index contributed by atoms with van der Waals surface area (Å²) in [4.78, 5) is 41.8. The summed E-state index contributed by atoms with van der Waals surface area (Å²) in [7, 11) is 0. The molecule has 3 aromatic heterocycles. The first kappa shape index (κ1) is 19.5. The lowest BCUT2D eigenvalue weighted by molar-refractivity contribution is 0.101. The molecule has 150 valence electrons. The maximum absolute atomic E-state index is 13.3. The van der Waals surface area contributed by atoms with E-state index in [2.05, 4.69) is 19.9 Å². The van der Waals surface area contributed by atoms with Crippen LogP contribution in [0.2, 0.25) is 5.15 Å². The van der Waals surface area contributed by atoms with Gasteiger partial charge in [0.05, 0.1) is 28.9 Å². The molecule has 0 unspecified atom stereocenters. The Morgan fingerprint density at radius 2 is 1.87 bits per heavy atom. The van der Waals surface area contributed by atoms with Gasteiger partial charge in [0.2, 0.25) is 5.95 Å². The van der Waals surface area contributed by atoms with E-state index in [1.807, 2.05) is 18.2 Å². The number of rotatable bonds is 4. The molecule has 30 heavy (non-hydrogen) atoms. The molecule has 1 aromatic carbocycles. The number of hydrogen-bond acceptors (Lipinski definition) is 7. The minimum atomic E-state index is -0.403. The second kappa shape index (κ2) is 7.53. The average Bonchev–Trinajstić information content (AvgIpc) is 3.09. The number of anilines is 1. The molecule has 3 heterocycles. The number of hydrogen-bond donors (Lipinski definition) is 1. The Balaban J connectivity index is 2.02. The zero-order valence-electron chi connectivity index (χ0n) is 16.1. The van der Waals surface area contributed by atoms with Crippen molar-refractivity contribution in [2.24, 2.45) is 4.99 Å². The lowest BCUT2D eigenvalue weighted by atomic mass is 10.2. The third-order valence-corrected chi connectivity index (χ3v) is 4.73. The van der Waals surface area contributed by atoms with Gasteiger partial charge in [0.25, 0.3) is 0 Å². The van der Waals surface area contributed by atoms with Crippen LogP contribution in [0.1, 0.15) is 29.9 Å². The highest BCUT2D eigenvalue weighted by atomic mass is 35.5. The molecule has 0 aliphatic rings. The van der Waals surface area contributed by atoms with Crippen LogP contribution in [0.4, 0.5) is 11.8 Å². The summed E-state index contributed by atoms with van der Waals surface area (Å²) in [5.74, 6) is -0.138. The Kier molecular flexibility index (Phi) is 4.88. The van der Waals surface area contributed by atoms with E-state index in [1.54, 1.807) is 25.1 Å². The number of para-hydroxylation sites is 1. The van der Waals surface area contributed by atoms with Crippen molar-refractivity contribution in [1.82, 2.24) is 23.9 Å². The smallest absolute Gasteiger partial charge is 0.340 e. The molecule has 4 aromatic rings. The van der Waals surface area contributed by atoms with Gasteiger partial charge in [0.15, 0.2) is 11.6 Å². The number of fused-ring (bicyclic) bond motifs is 1. The van der Waals surface area contributed by atoms with Gasteiger partial charge in [-0.05, 0) is 26.0 Å². The summed E-state index contributed by atoms with van der Waals surface area (Å²) < 4.78 is 2.77. The summed E-state index contributed by atoms with van der Waals surface area (Å²) in [6, 6.07) is 10.8. The summed E-state index contributed by atoms with van der Waals surface area (Å²) in [6.07, 6.45) is 2.74. The van der Waals surface area contributed by atoms with E-state index in [0.717, 1.165) is 0 Å². The second-order valence-electron chi connectivity index (χ2n) is 6.48. The molecular weight excluding hydrogens is 406 g/mol. The minimum absolute atomic E-state index is 0.0116. The first-order chi connectivity index (χ1) is 14.4. The van der Waals surface area contributed by atoms with Crippen molar-refractivity contribution in [2.45, 2.75) is 13.8 Å². The Morgan fingerprint density at radius 1 is 1.13 bits per heavy atom. The number of carbonyl (C=O) groups is 1. The van der Waals surface area contributed by atoms with Crippen LogP contribution in [0.3, 0.4) is 0 Å². The van der Waals surface area contributed by atoms with Crippen LogP contribution in [0.25, 0.3) is 11.3 Å². The van der Waals surface area contributed by atoms with Gasteiger partial charge in [-0.2, -0.15) is 4.98 Å². The molecule has 0 amide bonds. The number of benzene rings is 1. The molecule has 0 spiro atoms. The zero-order chi connectivity index (χ0) is 21.4. The van der Waals surface area contributed by atoms with Crippen molar-refractivity contribution in [3.8, 4) is 5.69 Å². The monoisotopic (exact) mass is 421 g/mol. The lowest BCUT2D eigenvalue weighted by Gasteiger charge is -2.14. The number of ketones is 1. The van der Waals surface area contributed by atoms with E-state index in [-0.39, 0.29) is 28.3 Å². The van der Waals surface area contributed by atoms with Crippen LogP contribution >= 0.6 is 11.6 Å². The fourth-order valence-electron chi connectivity index (χ4n) is 3.05. The fourth-order valence-corrected chi connectivity index (χ4v) is 3.26. The van der Waals surface area contributed by atoms with Gasteiger partial charge in [-0.25, -0.2) is 24.2 Å². The highest BCUT2D eigenvalue weighted by Gasteiger charge is 2.17. The summed E-state index contributed by atoms with van der Waals surface area (Å²) in [5.41, 5.74) is 7.38. The van der Waals surface area contributed by atoms with E-state index in [9.17, 15) is 9.59 Å². The number of nitrogens with two attached hydrogens (primary N) is 1. The maximum Gasteiger partial charge on any atom is 0.340 e. The number of Topliss-reactive ketones (excluding diaryl/α,β-unsaturated/α-hetero) is 1. The molecule has 0 fully saturated rings. The van der Waals surface area contributed by atoms with Gasteiger partial charge in [0.1, 0.15) is 10.8 Å². The standard InChI is InChI=1S/C20H16ClN7O2/c1-11(25-18-14(12(2)29)9-24-19(22)26-18)15-8-17-23-10-16(21)28(17)20(30)27(15)13-6-4-3-5-7-13/h3-10H,1-2H3,(H2,22,24,26)/b25-11+. The molecule has 2 N–H and O–H groups in total. The molecule has 0 bridgehead atoms. The van der Waals surface area contributed by atoms with Crippen LogP contribution < -0.4 is 11.4 Å². The zero-order valence-corrected chi connectivity index (χ0v) is 16.8. The summed E-state index contributed by atoms with van der Waals surface area (Å²) >= 11 is 6.16. The van der Waals surface area contributed by atoms with Crippen molar-refractivity contribution in [2.75, 3.05) is 5.73 Å². The number of carbonyl (C=O) groups excluding carboxylic acids is 1. The van der Waals surface area contributed by atoms with E-state index in [1.165, 1.54) is 28.3 Å². The number of nitrogen functional groups attached to an aromatic ring is 1. The van der Waals surface area contributed by atoms with E-state index < -0.39 is 5.69 Å². The van der Waals surface area contributed by atoms with Gasteiger partial charge in [-0.1, -0.05) is 29.8 Å². The first-order valence-electron chi connectivity index (χ1n) is 8.90. The largest absolute Gasteiger partial charge is 0.368 e. The van der Waals surface area contributed by atoms with E-state index in [0.29, 0.717) is 22.7 Å². The maximum atomic E-state index is 13.3. The Hall–Kier alpha value is -3.85. The SMILES string of the molecule is CC(=O)c1cnc(N)nc1/N=C(\C)c1cc2ncc(Cl)n2c(=O)n1-c1ccccc1. The Labute approximate surface area is 175 Å². The lowest BCUT2D eigenvalue weighted by Crippen LogP contribution is -2.29. The van der Waals surface area contributed by atoms with Crippen LogP contribution in [0, 0.1) is 0 Å². The van der Waals surface area contributed by atoms with E-state index >= 15 is 0 Å². The topological polar surface area (TPSA) is 121 Å². The molecule has 9 nitrogen and oxygen atoms in total. The molecule has 0 saturated heterocycles. The third-order valence-electron chi connectivity index (χ3n) is 4.46. The van der Waals surface area contributed by atoms with Gasteiger partial charge in [-0.15, -0.1) is 0 Å². The van der Waals surface area contributed by atoms with Crippen molar-refractivity contribution in [3.05, 3.63) is 75.7 Å². The molecule has 0 aliphatic carbocycles. The van der Waals surface area contributed by atoms with Crippen LogP contribution in [-0.2, 0) is 0 Å². The van der Waals surface area contributed by atoms with Gasteiger partial charge in [-0.3, -0.25) is 9.36 Å². The molecule has 4 rings (SSSR count). The van der Waals surface area contributed by atoms with Gasteiger partial charge < -0.3 is 5.73 Å². The Morgan fingerprint density at radius 3 is 2.57 bits per heavy atom. The quantitative estimate of drug-likeness (QED) is 0.399. The van der Waals surface area contributed by atoms with E-state index in [4.69, 9.17) is 17.3 Å². The number of aromatic nitrogens is 5. The normalized spacial score (nSPS) is 11.8. The fraction of sp³-hybridized carbons (Fsp3) is 0.100. The third kappa shape index (κ3) is 3.35. The molecule has 10 heteroatoms. The van der Waals surface area contributed by atoms with Gasteiger partial charge >= 0.3 is 5.69 Å². The van der Waals surface area contributed by atoms with Crippen molar-refractivity contribution in [3.63, 3.8) is 0 Å². The molecule has 0 aliphatic heterocycles. The van der Waals surface area contributed by atoms with Crippen LogP contribution in [0.5, 0.6) is 0 Å². The highest BCUT2D eigenvalue weighted by molar-refractivity contribution is 6.29. The van der Waals surface area contributed by atoms with Crippen molar-refractivity contribution in [1.29, 1.82) is 0 Å². The Bertz CT molecular complexity index is 1370. The van der Waals surface area contributed by atoms with Crippen LogP contribution in [-0.4, -0.2) is 35.4 Å². The number of imidazole rings is 1. The molecule has 0 radical (unpaired) electrons. The van der Waals surface area contributed by atoms with Crippen molar-refractivity contribution < 1.29 is 4.79 Å². The van der Waals surface area contributed by atoms with Crippen molar-refractivity contribution >= 4 is 40.5 Å². The van der Waals surface area contributed by atoms with Gasteiger partial charge in [0, 0.05) is 12.3 Å². The highest BCUT2D eigenvalue weighted by Crippen LogP contribution is 2.20. The summed E-state index contributed by atoms with van der Waals surface area (Å²) in [6.45, 7) is 3.10. The number of aliphatic imine (C=N–C) groups is 1. The second-order valence-corrected chi connectivity index (χ2v) is 6.86.